The van der Waals surface area contributed by atoms with Crippen molar-refractivity contribution in [3.8, 4) is 0 Å². The standard InChI is InChI=1S/Cu.Mn.4H2N.H2O.3O/h;;5*1H2;;;/q+4;+1;4*-1;;;;/p-1. The van der Waals surface area contributed by atoms with Crippen molar-refractivity contribution in [2.75, 3.05) is 0 Å². The zero-order valence-corrected chi connectivity index (χ0v) is 6.78. The zero-order valence-electron chi connectivity index (χ0n) is 4.66. The summed E-state index contributed by atoms with van der Waals surface area (Å²) in [5.41, 5.74) is 0. The number of rotatable bonds is 0. The number of hydrogen-bond acceptors (Lipinski definition) is 7. The molecule has 0 amide bonds. The van der Waals surface area contributed by atoms with Crippen molar-refractivity contribution in [3.05, 3.63) is 0 Å². The molecule has 10 heteroatoms. The summed E-state index contributed by atoms with van der Waals surface area (Å²) < 4.78 is 52.1. The van der Waals surface area contributed by atoms with Crippen LogP contribution < -0.4 is 19.0 Å². The molecule has 0 saturated carbocycles. The summed E-state index contributed by atoms with van der Waals surface area (Å²) in [7, 11) is 0. The van der Waals surface area contributed by atoms with Crippen LogP contribution in [0, 0.1) is 0 Å². The van der Waals surface area contributed by atoms with Gasteiger partial charge in [0.05, 0.1) is 0 Å². The van der Waals surface area contributed by atoms with Crippen LogP contribution in [-0.4, -0.2) is 4.19 Å². The first-order valence-electron chi connectivity index (χ1n) is 1.33. The molecule has 8 nitrogen and oxygen atoms in total. The average molecular weight is 248 g/mol. The van der Waals surface area contributed by atoms with Gasteiger partial charge in [0.15, 0.2) is 0 Å². The summed E-state index contributed by atoms with van der Waals surface area (Å²) in [4.78, 5) is 0. The van der Waals surface area contributed by atoms with Gasteiger partial charge < -0.3 is 0 Å². The Kier molecular flexibility index (Phi) is 5.39. The van der Waals surface area contributed by atoms with Crippen LogP contribution in [0.5, 0.6) is 0 Å². The predicted molar refractivity (Wildman–Crippen MR) is 21.0 cm³/mol. The normalized spacial score (nSPS) is 13.3. The number of hydrogen-bond donors (Lipinski definition) is 5. The third kappa shape index (κ3) is 7560. The topological polar surface area (TPSA) is 176 Å². The van der Waals surface area contributed by atoms with Crippen molar-refractivity contribution in [2.45, 2.75) is 0 Å². The summed E-state index contributed by atoms with van der Waals surface area (Å²) in [6, 6.07) is 0. The second-order valence-corrected chi connectivity index (χ2v) is 4.12. The van der Waals surface area contributed by atoms with Crippen LogP contribution in [0.2, 0.25) is 0 Å². The van der Waals surface area contributed by atoms with Crippen LogP contribution in [-0.2, 0) is 38.2 Å². The summed E-state index contributed by atoms with van der Waals surface area (Å²) in [6.07, 6.45) is 0. The quantitative estimate of drug-likeness (QED) is 0.277. The monoisotopic (exact) mass is 247 g/mol. The predicted octanol–water partition coefficient (Wildman–Crippen LogP) is -3.28. The Morgan fingerprint density at radius 1 is 1.00 bits per heavy atom. The third-order valence-corrected chi connectivity index (χ3v) is 0. The molecule has 0 aromatic heterocycles. The molecule has 0 bridgehead atoms. The fourth-order valence-electron chi connectivity index (χ4n) is 0. The van der Waals surface area contributed by atoms with Gasteiger partial charge in [-0.05, 0) is 0 Å². The first kappa shape index (κ1) is 12.9. The van der Waals surface area contributed by atoms with E-state index in [0.29, 0.717) is 0 Å². The Balaban J connectivity index is 0. The summed E-state index contributed by atoms with van der Waals surface area (Å²) in [6.45, 7) is 0. The van der Waals surface area contributed by atoms with Crippen LogP contribution in [0.3, 0.4) is 0 Å². The summed E-state index contributed by atoms with van der Waals surface area (Å²) >= 11 is -7.50. The van der Waals surface area contributed by atoms with Crippen molar-refractivity contribution < 1.29 is 42.4 Å². The zero-order chi connectivity index (χ0) is 9.00. The maximum absolute atomic E-state index is 8.69. The van der Waals surface area contributed by atoms with Crippen LogP contribution in [0.4, 0.5) is 0 Å². The van der Waals surface area contributed by atoms with Gasteiger partial charge in [-0.15, -0.1) is 0 Å². The van der Waals surface area contributed by atoms with Crippen molar-refractivity contribution in [3.63, 3.8) is 0 Å². The molecule has 0 atom stereocenters. The van der Waals surface area contributed by atoms with Crippen molar-refractivity contribution in [2.24, 2.45) is 19.0 Å². The first-order chi connectivity index (χ1) is 4.00. The van der Waals surface area contributed by atoms with Gasteiger partial charge in [-0.1, -0.05) is 0 Å². The van der Waals surface area contributed by atoms with E-state index in [1.165, 1.54) is 0 Å². The SMILES string of the molecule is [NH2][Cu]([NH2])([NH2])[NH2].[O]=[Mn](=[O])(=[O])[OH]. The van der Waals surface area contributed by atoms with E-state index >= 15 is 0 Å². The summed E-state index contributed by atoms with van der Waals surface area (Å²) in [5.74, 6) is 0. The summed E-state index contributed by atoms with van der Waals surface area (Å²) in [5, 5.41) is 0. The molecule has 0 aromatic carbocycles. The van der Waals surface area contributed by atoms with Crippen molar-refractivity contribution in [1.82, 2.24) is 0 Å². The molecular weight excluding hydrogens is 239 g/mol. The molecule has 0 aromatic rings. The molecule has 0 radical (unpaired) electrons. The van der Waals surface area contributed by atoms with Crippen LogP contribution in [0.15, 0.2) is 0 Å². The van der Waals surface area contributed by atoms with Gasteiger partial charge in [0.1, 0.15) is 0 Å². The average Bonchev–Trinajstić information content (AvgIpc) is 1.12. The molecule has 10 heavy (non-hydrogen) atoms. The molecule has 0 aliphatic heterocycles. The minimum absolute atomic E-state index is 2.12. The maximum atomic E-state index is 8.69. The molecule has 0 aliphatic carbocycles. The molecule has 0 aliphatic rings. The molecule has 0 saturated heterocycles. The third-order valence-electron chi connectivity index (χ3n) is 0. The van der Waals surface area contributed by atoms with Crippen molar-refractivity contribution in [1.29, 1.82) is 0 Å². The van der Waals surface area contributed by atoms with E-state index in [1.54, 1.807) is 0 Å². The first-order valence-corrected chi connectivity index (χ1v) is 5.48. The van der Waals surface area contributed by atoms with Gasteiger partial charge in [0.25, 0.3) is 0 Å². The second-order valence-electron chi connectivity index (χ2n) is 0.999. The van der Waals surface area contributed by atoms with E-state index in [-0.39, 0.29) is 0 Å². The van der Waals surface area contributed by atoms with E-state index in [2.05, 4.69) is 0 Å². The molecule has 0 spiro atoms. The molecule has 71 valence electrons. The number of nitrogens with two attached hydrogens (primary N) is 4. The molecule has 0 rings (SSSR count). The van der Waals surface area contributed by atoms with Gasteiger partial charge >= 0.3 is 61.4 Å². The van der Waals surface area contributed by atoms with Crippen molar-refractivity contribution >= 4 is 0 Å². The molecule has 0 heterocycles. The van der Waals surface area contributed by atoms with Gasteiger partial charge in [-0.3, -0.25) is 0 Å². The van der Waals surface area contributed by atoms with Gasteiger partial charge in [-0.25, -0.2) is 0 Å². The van der Waals surface area contributed by atoms with E-state index < -0.39 is 26.7 Å². The Morgan fingerprint density at radius 2 is 1.00 bits per heavy atom. The van der Waals surface area contributed by atoms with E-state index in [1.807, 2.05) is 0 Å². The Hall–Kier alpha value is 0.239. The van der Waals surface area contributed by atoms with Gasteiger partial charge in [0, 0.05) is 0 Å². The molecule has 9 N–H and O–H groups in total. The van der Waals surface area contributed by atoms with Crippen LogP contribution in [0.25, 0.3) is 0 Å². The van der Waals surface area contributed by atoms with E-state index in [0.717, 1.165) is 0 Å². The second kappa shape index (κ2) is 4.19. The van der Waals surface area contributed by atoms with Crippen LogP contribution >= 0.6 is 0 Å². The van der Waals surface area contributed by atoms with E-state index in [9.17, 15) is 0 Å². The Morgan fingerprint density at radius 3 is 1.00 bits per heavy atom. The fourth-order valence-corrected chi connectivity index (χ4v) is 0. The molecule has 0 unspecified atom stereocenters. The molecule has 0 fully saturated rings. The fraction of sp³-hybridized carbons (Fsp3) is 0. The van der Waals surface area contributed by atoms with Crippen LogP contribution in [0.1, 0.15) is 0 Å². The minimum atomic E-state index is -5.38. The van der Waals surface area contributed by atoms with Gasteiger partial charge in [0.2, 0.25) is 0 Å². The Bertz CT molecular complexity index is 195. The van der Waals surface area contributed by atoms with E-state index in [4.69, 9.17) is 34.7 Å². The Labute approximate surface area is 61.8 Å². The molecular formula is H9CuMnN4O4. The van der Waals surface area contributed by atoms with Gasteiger partial charge in [-0.2, -0.15) is 0 Å².